The number of thiophene rings is 1. The number of fused-ring (bicyclic) bond motifs is 1. The maximum absolute atomic E-state index is 12.3. The van der Waals surface area contributed by atoms with Crippen molar-refractivity contribution in [3.05, 3.63) is 49.8 Å². The summed E-state index contributed by atoms with van der Waals surface area (Å²) in [6.45, 7) is 2.21. The Morgan fingerprint density at radius 3 is 2.88 bits per heavy atom. The van der Waals surface area contributed by atoms with E-state index in [0.29, 0.717) is 21.5 Å². The maximum Gasteiger partial charge on any atom is 0.258 e. The van der Waals surface area contributed by atoms with Crippen molar-refractivity contribution in [2.75, 3.05) is 5.32 Å². The van der Waals surface area contributed by atoms with Crippen LogP contribution in [-0.2, 0) is 12.8 Å². The van der Waals surface area contributed by atoms with Gasteiger partial charge in [-0.3, -0.25) is 10.1 Å². The summed E-state index contributed by atoms with van der Waals surface area (Å²) >= 11 is 18.7. The van der Waals surface area contributed by atoms with E-state index in [0.717, 1.165) is 24.8 Å². The Bertz CT molecular complexity index is 933. The summed E-state index contributed by atoms with van der Waals surface area (Å²) in [5.74, 6) is 0.178. The number of halogens is 2. The van der Waals surface area contributed by atoms with Gasteiger partial charge in [0.1, 0.15) is 11.1 Å². The first-order valence-corrected chi connectivity index (χ1v) is 9.99. The largest absolute Gasteiger partial charge is 0.323 e. The first-order valence-electron chi connectivity index (χ1n) is 8.01. The summed E-state index contributed by atoms with van der Waals surface area (Å²) < 4.78 is 0. The summed E-state index contributed by atoms with van der Waals surface area (Å²) in [5.41, 5.74) is 2.01. The highest BCUT2D eigenvalue weighted by Crippen LogP contribution is 2.39. The molecule has 0 saturated heterocycles. The topological polar surface area (TPSA) is 64.9 Å². The highest BCUT2D eigenvalue weighted by molar-refractivity contribution is 7.80. The molecule has 1 aliphatic carbocycles. The molecule has 1 aliphatic rings. The minimum atomic E-state index is -0.433. The molecule has 0 bridgehead atoms. The van der Waals surface area contributed by atoms with Crippen LogP contribution in [0.25, 0.3) is 0 Å². The van der Waals surface area contributed by atoms with Gasteiger partial charge in [-0.2, -0.15) is 5.26 Å². The number of hydrogen-bond acceptors (Lipinski definition) is 4. The molecule has 1 heterocycles. The zero-order valence-electron chi connectivity index (χ0n) is 13.9. The smallest absolute Gasteiger partial charge is 0.258 e. The lowest BCUT2D eigenvalue weighted by Gasteiger charge is -2.17. The number of nitrogens with zero attached hydrogens (tertiary/aromatic N) is 1. The van der Waals surface area contributed by atoms with Crippen molar-refractivity contribution in [2.24, 2.45) is 5.92 Å². The minimum Gasteiger partial charge on any atom is -0.323 e. The number of amides is 1. The Morgan fingerprint density at radius 1 is 1.42 bits per heavy atom. The number of anilines is 1. The molecule has 134 valence electrons. The van der Waals surface area contributed by atoms with Crippen LogP contribution in [0.5, 0.6) is 0 Å². The third kappa shape index (κ3) is 4.02. The molecule has 26 heavy (non-hydrogen) atoms. The van der Waals surface area contributed by atoms with Gasteiger partial charge in [0.2, 0.25) is 0 Å². The van der Waals surface area contributed by atoms with Crippen LogP contribution in [0.3, 0.4) is 0 Å². The Morgan fingerprint density at radius 2 is 2.19 bits per heavy atom. The van der Waals surface area contributed by atoms with Gasteiger partial charge in [0.15, 0.2) is 5.11 Å². The molecule has 0 aliphatic heterocycles. The van der Waals surface area contributed by atoms with Crippen LogP contribution in [-0.4, -0.2) is 11.0 Å². The number of nitrogens with one attached hydrogen (secondary N) is 2. The summed E-state index contributed by atoms with van der Waals surface area (Å²) in [5, 5.41) is 16.6. The molecule has 2 N–H and O–H groups in total. The van der Waals surface area contributed by atoms with E-state index in [1.165, 1.54) is 28.3 Å². The highest BCUT2D eigenvalue weighted by atomic mass is 35.5. The van der Waals surface area contributed by atoms with Gasteiger partial charge in [-0.25, -0.2) is 0 Å². The predicted molar refractivity (Wildman–Crippen MR) is 110 cm³/mol. The van der Waals surface area contributed by atoms with Gasteiger partial charge >= 0.3 is 0 Å². The minimum absolute atomic E-state index is 0.129. The number of rotatable bonds is 2. The van der Waals surface area contributed by atoms with E-state index in [4.69, 9.17) is 35.4 Å². The quantitative estimate of drug-likeness (QED) is 0.653. The second kappa shape index (κ2) is 7.93. The van der Waals surface area contributed by atoms with Crippen LogP contribution in [0.2, 0.25) is 10.0 Å². The van der Waals surface area contributed by atoms with Gasteiger partial charge in [0, 0.05) is 9.90 Å². The fourth-order valence-electron chi connectivity index (χ4n) is 2.94. The van der Waals surface area contributed by atoms with E-state index >= 15 is 0 Å². The molecule has 0 saturated carbocycles. The number of hydrogen-bond donors (Lipinski definition) is 2. The van der Waals surface area contributed by atoms with Crippen molar-refractivity contribution in [1.82, 2.24) is 5.32 Å². The fourth-order valence-corrected chi connectivity index (χ4v) is 5.05. The molecule has 0 radical (unpaired) electrons. The molecule has 3 rings (SSSR count). The molecule has 1 amide bonds. The third-order valence-electron chi connectivity index (χ3n) is 4.25. The molecule has 0 spiro atoms. The van der Waals surface area contributed by atoms with Gasteiger partial charge in [-0.1, -0.05) is 30.1 Å². The van der Waals surface area contributed by atoms with Crippen LogP contribution in [0.1, 0.15) is 39.7 Å². The SMILES string of the molecule is C[C@@H]1CCc2c(sc(NC(=S)NC(=O)c3ccc(Cl)cc3Cl)c2C#N)C1. The third-order valence-corrected chi connectivity index (χ3v) is 6.18. The molecule has 8 heteroatoms. The van der Waals surface area contributed by atoms with Crippen LogP contribution < -0.4 is 10.6 Å². The van der Waals surface area contributed by atoms with Crippen molar-refractivity contribution in [2.45, 2.75) is 26.2 Å². The molecular formula is C18H15Cl2N3OS2. The van der Waals surface area contributed by atoms with Crippen LogP contribution in [0.15, 0.2) is 18.2 Å². The molecule has 0 unspecified atom stereocenters. The molecule has 0 fully saturated rings. The first kappa shape index (κ1) is 19.1. The van der Waals surface area contributed by atoms with Crippen molar-refractivity contribution in [3.63, 3.8) is 0 Å². The maximum atomic E-state index is 12.3. The summed E-state index contributed by atoms with van der Waals surface area (Å²) in [7, 11) is 0. The predicted octanol–water partition coefficient (Wildman–Crippen LogP) is 5.18. The monoisotopic (exact) mass is 423 g/mol. The molecule has 1 atom stereocenters. The number of carbonyl (C=O) groups excluding carboxylic acids is 1. The first-order chi connectivity index (χ1) is 12.4. The average molecular weight is 424 g/mol. The summed E-state index contributed by atoms with van der Waals surface area (Å²) in [6.07, 6.45) is 2.95. The number of thiocarbonyl (C=S) groups is 1. The van der Waals surface area contributed by atoms with Crippen LogP contribution in [0.4, 0.5) is 5.00 Å². The summed E-state index contributed by atoms with van der Waals surface area (Å²) in [4.78, 5) is 13.6. The lowest BCUT2D eigenvalue weighted by molar-refractivity contribution is 0.0978. The Kier molecular flexibility index (Phi) is 5.83. The molecular weight excluding hydrogens is 409 g/mol. The Hall–Kier alpha value is -1.65. The number of carbonyl (C=O) groups is 1. The van der Waals surface area contributed by atoms with E-state index < -0.39 is 5.91 Å². The summed E-state index contributed by atoms with van der Waals surface area (Å²) in [6, 6.07) is 6.88. The standard InChI is InChI=1S/C18H15Cl2N3OS2/c1-9-2-4-11-13(8-21)17(26-15(11)6-9)23-18(25)22-16(24)12-5-3-10(19)7-14(12)20/h3,5,7,9H,2,4,6H2,1H3,(H2,22,23,24,25)/t9-/m1/s1. The Balaban J connectivity index is 1.74. The normalized spacial score (nSPS) is 15.7. The van der Waals surface area contributed by atoms with Gasteiger partial charge in [-0.05, 0) is 61.2 Å². The Labute approximate surface area is 171 Å². The zero-order chi connectivity index (χ0) is 18.8. The van der Waals surface area contributed by atoms with Crippen LogP contribution in [0, 0.1) is 17.2 Å². The molecule has 4 nitrogen and oxygen atoms in total. The average Bonchev–Trinajstić information content (AvgIpc) is 2.90. The van der Waals surface area contributed by atoms with E-state index in [1.807, 2.05) is 0 Å². The molecule has 1 aromatic carbocycles. The fraction of sp³-hybridized carbons (Fsp3) is 0.278. The van der Waals surface area contributed by atoms with Gasteiger partial charge in [0.25, 0.3) is 5.91 Å². The van der Waals surface area contributed by atoms with E-state index in [1.54, 1.807) is 6.07 Å². The molecule has 2 aromatic rings. The van der Waals surface area contributed by atoms with Crippen molar-refractivity contribution in [3.8, 4) is 6.07 Å². The molecule has 1 aromatic heterocycles. The van der Waals surface area contributed by atoms with Gasteiger partial charge in [-0.15, -0.1) is 11.3 Å². The van der Waals surface area contributed by atoms with Crippen molar-refractivity contribution < 1.29 is 4.79 Å². The number of benzene rings is 1. The zero-order valence-corrected chi connectivity index (χ0v) is 17.0. The van der Waals surface area contributed by atoms with E-state index in [9.17, 15) is 10.1 Å². The lowest BCUT2D eigenvalue weighted by atomic mass is 9.89. The second-order valence-electron chi connectivity index (χ2n) is 6.20. The second-order valence-corrected chi connectivity index (χ2v) is 8.56. The van der Waals surface area contributed by atoms with Crippen molar-refractivity contribution in [1.29, 1.82) is 5.26 Å². The van der Waals surface area contributed by atoms with Crippen molar-refractivity contribution >= 4 is 62.8 Å². The lowest BCUT2D eigenvalue weighted by Crippen LogP contribution is -2.34. The van der Waals surface area contributed by atoms with E-state index in [-0.39, 0.29) is 15.7 Å². The highest BCUT2D eigenvalue weighted by Gasteiger charge is 2.24. The van der Waals surface area contributed by atoms with Crippen LogP contribution >= 0.6 is 46.8 Å². The number of nitriles is 1. The van der Waals surface area contributed by atoms with E-state index in [2.05, 4.69) is 23.6 Å². The van der Waals surface area contributed by atoms with Gasteiger partial charge < -0.3 is 5.32 Å². The van der Waals surface area contributed by atoms with Gasteiger partial charge in [0.05, 0.1) is 16.1 Å².